The number of rotatable bonds is 4. The minimum atomic E-state index is -0.321. The smallest absolute Gasteiger partial charge is 0.0794 e. The van der Waals surface area contributed by atoms with Gasteiger partial charge in [0.15, 0.2) is 0 Å². The van der Waals surface area contributed by atoms with Crippen molar-refractivity contribution in [2.75, 3.05) is 0 Å². The van der Waals surface area contributed by atoms with Crippen molar-refractivity contribution in [3.8, 4) is 0 Å². The van der Waals surface area contributed by atoms with Gasteiger partial charge < -0.3 is 5.73 Å². The van der Waals surface area contributed by atoms with E-state index in [2.05, 4.69) is 43.1 Å². The largest absolute Gasteiger partial charge is 0.321 e. The van der Waals surface area contributed by atoms with Crippen molar-refractivity contribution >= 4 is 11.3 Å². The molecule has 0 aliphatic heterocycles. The van der Waals surface area contributed by atoms with Gasteiger partial charge in [0.05, 0.1) is 5.51 Å². The number of nitrogens with two attached hydrogens (primary N) is 1. The topological polar surface area (TPSA) is 38.9 Å². The first-order chi connectivity index (χ1) is 8.12. The molecule has 1 aromatic heterocycles. The summed E-state index contributed by atoms with van der Waals surface area (Å²) in [6.07, 6.45) is 3.80. The molecule has 1 heterocycles. The van der Waals surface area contributed by atoms with Crippen LogP contribution in [-0.4, -0.2) is 4.98 Å². The van der Waals surface area contributed by atoms with Gasteiger partial charge in [0.2, 0.25) is 0 Å². The molecule has 2 aromatic rings. The van der Waals surface area contributed by atoms with Gasteiger partial charge in [0, 0.05) is 23.0 Å². The van der Waals surface area contributed by atoms with Crippen LogP contribution in [-0.2, 0) is 18.4 Å². The molecule has 2 N–H and O–H groups in total. The van der Waals surface area contributed by atoms with E-state index in [1.807, 2.05) is 11.7 Å². The molecule has 1 atom stereocenters. The van der Waals surface area contributed by atoms with E-state index in [0.717, 1.165) is 12.8 Å². The lowest BCUT2D eigenvalue weighted by Crippen LogP contribution is -2.35. The van der Waals surface area contributed by atoms with Crippen molar-refractivity contribution in [2.24, 2.45) is 5.73 Å². The van der Waals surface area contributed by atoms with E-state index in [1.165, 1.54) is 16.0 Å². The third-order valence-electron chi connectivity index (χ3n) is 3.05. The second kappa shape index (κ2) is 4.98. The van der Waals surface area contributed by atoms with Crippen LogP contribution in [0.15, 0.2) is 36.0 Å². The molecule has 1 aromatic carbocycles. The first-order valence-corrected chi connectivity index (χ1v) is 6.75. The summed E-state index contributed by atoms with van der Waals surface area (Å²) in [5.41, 5.74) is 10.5. The summed E-state index contributed by atoms with van der Waals surface area (Å²) in [6, 6.07) is 8.60. The van der Waals surface area contributed by atoms with Gasteiger partial charge in [-0.25, -0.2) is 0 Å². The molecule has 0 saturated heterocycles. The molecule has 17 heavy (non-hydrogen) atoms. The minimum absolute atomic E-state index is 0.321. The molecule has 0 amide bonds. The highest BCUT2D eigenvalue weighted by atomic mass is 32.1. The van der Waals surface area contributed by atoms with Crippen LogP contribution in [0.5, 0.6) is 0 Å². The van der Waals surface area contributed by atoms with E-state index in [9.17, 15) is 0 Å². The zero-order valence-electron chi connectivity index (χ0n) is 10.3. The van der Waals surface area contributed by atoms with Crippen LogP contribution >= 0.6 is 11.3 Å². The molecular formula is C14H18N2S. The highest BCUT2D eigenvalue weighted by Gasteiger charge is 2.22. The molecule has 0 radical (unpaired) electrons. The van der Waals surface area contributed by atoms with E-state index < -0.39 is 0 Å². The Labute approximate surface area is 107 Å². The fraction of sp³-hybridized carbons (Fsp3) is 0.357. The lowest BCUT2D eigenvalue weighted by Gasteiger charge is -2.24. The molecule has 0 aliphatic carbocycles. The molecule has 1 unspecified atom stereocenters. The maximum atomic E-state index is 6.40. The summed E-state index contributed by atoms with van der Waals surface area (Å²) in [7, 11) is 0. The fourth-order valence-corrected chi connectivity index (χ4v) is 2.68. The Kier molecular flexibility index (Phi) is 3.60. The van der Waals surface area contributed by atoms with Crippen molar-refractivity contribution in [1.29, 1.82) is 0 Å². The molecule has 2 rings (SSSR count). The highest BCUT2D eigenvalue weighted by molar-refractivity contribution is 7.09. The summed E-state index contributed by atoms with van der Waals surface area (Å²) in [5, 5.41) is 0. The van der Waals surface area contributed by atoms with E-state index in [0.29, 0.717) is 0 Å². The molecule has 90 valence electrons. The number of hydrogen-bond acceptors (Lipinski definition) is 3. The number of hydrogen-bond donors (Lipinski definition) is 1. The Hall–Kier alpha value is -1.19. The lowest BCUT2D eigenvalue weighted by atomic mass is 9.88. The second-order valence-electron chi connectivity index (χ2n) is 4.61. The average Bonchev–Trinajstić information content (AvgIpc) is 2.81. The normalized spacial score (nSPS) is 14.5. The number of aromatic nitrogens is 1. The van der Waals surface area contributed by atoms with Gasteiger partial charge in [-0.2, -0.15) is 0 Å². The van der Waals surface area contributed by atoms with Gasteiger partial charge in [-0.1, -0.05) is 31.2 Å². The Morgan fingerprint density at radius 2 is 2.00 bits per heavy atom. The van der Waals surface area contributed by atoms with E-state index in [-0.39, 0.29) is 5.54 Å². The van der Waals surface area contributed by atoms with Crippen molar-refractivity contribution in [2.45, 2.75) is 32.2 Å². The molecule has 0 saturated carbocycles. The monoisotopic (exact) mass is 246 g/mol. The van der Waals surface area contributed by atoms with Crippen molar-refractivity contribution < 1.29 is 0 Å². The number of nitrogens with zero attached hydrogens (tertiary/aromatic N) is 1. The van der Waals surface area contributed by atoms with Gasteiger partial charge in [0.1, 0.15) is 0 Å². The summed E-state index contributed by atoms with van der Waals surface area (Å²) in [5.74, 6) is 0. The van der Waals surface area contributed by atoms with Gasteiger partial charge in [-0.15, -0.1) is 11.3 Å². The Morgan fingerprint density at radius 3 is 2.53 bits per heavy atom. The third-order valence-corrected chi connectivity index (χ3v) is 3.83. The maximum absolute atomic E-state index is 6.40. The van der Waals surface area contributed by atoms with E-state index in [4.69, 9.17) is 5.73 Å². The first kappa shape index (κ1) is 12.3. The molecule has 0 fully saturated rings. The van der Waals surface area contributed by atoms with Gasteiger partial charge in [0.25, 0.3) is 0 Å². The first-order valence-electron chi connectivity index (χ1n) is 5.87. The Bertz CT molecular complexity index is 457. The molecular weight excluding hydrogens is 228 g/mol. The zero-order chi connectivity index (χ0) is 12.3. The van der Waals surface area contributed by atoms with Crippen molar-refractivity contribution in [3.05, 3.63) is 52.0 Å². The molecule has 2 nitrogen and oxygen atoms in total. The maximum Gasteiger partial charge on any atom is 0.0794 e. The number of thiazole rings is 1. The number of benzene rings is 1. The standard InChI is InChI=1S/C14H18N2S/c1-3-11-4-6-12(7-5-11)14(2,15)8-13-9-16-10-17-13/h4-7,9-10H,3,8,15H2,1-2H3. The Morgan fingerprint density at radius 1 is 1.29 bits per heavy atom. The SMILES string of the molecule is CCc1ccc(C(C)(N)Cc2cncs2)cc1. The van der Waals surface area contributed by atoms with Crippen LogP contribution in [0.25, 0.3) is 0 Å². The van der Waals surface area contributed by atoms with Crippen LogP contribution in [0.3, 0.4) is 0 Å². The minimum Gasteiger partial charge on any atom is -0.321 e. The molecule has 0 bridgehead atoms. The van der Waals surface area contributed by atoms with Crippen LogP contribution in [0.2, 0.25) is 0 Å². The number of aryl methyl sites for hydroxylation is 1. The fourth-order valence-electron chi connectivity index (χ4n) is 1.91. The highest BCUT2D eigenvalue weighted by Crippen LogP contribution is 2.24. The van der Waals surface area contributed by atoms with Crippen molar-refractivity contribution in [1.82, 2.24) is 4.98 Å². The van der Waals surface area contributed by atoms with Crippen LogP contribution in [0.1, 0.15) is 29.9 Å². The van der Waals surface area contributed by atoms with Gasteiger partial charge in [-0.3, -0.25) is 4.98 Å². The second-order valence-corrected chi connectivity index (χ2v) is 5.58. The van der Waals surface area contributed by atoms with Crippen LogP contribution in [0.4, 0.5) is 0 Å². The average molecular weight is 246 g/mol. The quantitative estimate of drug-likeness (QED) is 0.900. The molecule has 0 aliphatic rings. The Balaban J connectivity index is 2.18. The predicted octanol–water partition coefficient (Wildman–Crippen LogP) is 3.12. The molecule has 3 heteroatoms. The van der Waals surface area contributed by atoms with Gasteiger partial charge >= 0.3 is 0 Å². The van der Waals surface area contributed by atoms with Gasteiger partial charge in [-0.05, 0) is 24.5 Å². The summed E-state index contributed by atoms with van der Waals surface area (Å²) < 4.78 is 0. The summed E-state index contributed by atoms with van der Waals surface area (Å²) >= 11 is 1.66. The lowest BCUT2D eigenvalue weighted by molar-refractivity contribution is 0.495. The third kappa shape index (κ3) is 2.93. The van der Waals surface area contributed by atoms with Crippen molar-refractivity contribution in [3.63, 3.8) is 0 Å². The van der Waals surface area contributed by atoms with Crippen LogP contribution in [0, 0.1) is 0 Å². The van der Waals surface area contributed by atoms with Crippen LogP contribution < -0.4 is 5.73 Å². The van der Waals surface area contributed by atoms with E-state index >= 15 is 0 Å². The predicted molar refractivity (Wildman–Crippen MR) is 73.2 cm³/mol. The summed E-state index contributed by atoms with van der Waals surface area (Å²) in [4.78, 5) is 5.32. The molecule has 0 spiro atoms. The summed E-state index contributed by atoms with van der Waals surface area (Å²) in [6.45, 7) is 4.24. The van der Waals surface area contributed by atoms with E-state index in [1.54, 1.807) is 11.3 Å². The zero-order valence-corrected chi connectivity index (χ0v) is 11.1.